The van der Waals surface area contributed by atoms with E-state index in [1.54, 1.807) is 0 Å². The maximum Gasteiger partial charge on any atom is 0.236 e. The van der Waals surface area contributed by atoms with E-state index in [1.807, 2.05) is 17.0 Å². The number of fused-ring (bicyclic) bond motifs is 1. The highest BCUT2D eigenvalue weighted by Crippen LogP contribution is 2.18. The van der Waals surface area contributed by atoms with Crippen LogP contribution in [0.1, 0.15) is 17.5 Å². The zero-order chi connectivity index (χ0) is 14.9. The van der Waals surface area contributed by atoms with Gasteiger partial charge in [0.25, 0.3) is 0 Å². The molecule has 0 spiro atoms. The molecule has 1 N–H and O–H groups in total. The summed E-state index contributed by atoms with van der Waals surface area (Å²) in [5.74, 6) is 0.438. The first-order chi connectivity index (χ1) is 10.0. The highest BCUT2D eigenvalue weighted by Gasteiger charge is 2.28. The number of amides is 1. The molecule has 114 valence electrons. The summed E-state index contributed by atoms with van der Waals surface area (Å²) in [7, 11) is -2.90. The van der Waals surface area contributed by atoms with E-state index in [1.165, 1.54) is 11.1 Å². The van der Waals surface area contributed by atoms with Crippen LogP contribution in [-0.2, 0) is 27.6 Å². The van der Waals surface area contributed by atoms with Crippen LogP contribution in [0.2, 0.25) is 0 Å². The maximum atomic E-state index is 12.2. The maximum absolute atomic E-state index is 12.2. The molecule has 1 fully saturated rings. The third kappa shape index (κ3) is 3.44. The molecule has 0 saturated carbocycles. The van der Waals surface area contributed by atoms with Gasteiger partial charge in [0.05, 0.1) is 18.1 Å². The topological polar surface area (TPSA) is 66.5 Å². The molecule has 1 aromatic rings. The summed E-state index contributed by atoms with van der Waals surface area (Å²) in [6.07, 6.45) is 1.50. The van der Waals surface area contributed by atoms with Crippen LogP contribution in [0.15, 0.2) is 24.3 Å². The van der Waals surface area contributed by atoms with Gasteiger partial charge in [-0.25, -0.2) is 8.42 Å². The molecule has 1 unspecified atom stereocenters. The molecule has 2 aliphatic rings. The van der Waals surface area contributed by atoms with Crippen LogP contribution in [0.5, 0.6) is 0 Å². The van der Waals surface area contributed by atoms with Gasteiger partial charge >= 0.3 is 0 Å². The van der Waals surface area contributed by atoms with Crippen molar-refractivity contribution in [3.8, 4) is 0 Å². The van der Waals surface area contributed by atoms with Crippen molar-refractivity contribution >= 4 is 15.7 Å². The van der Waals surface area contributed by atoms with Gasteiger partial charge in [-0.05, 0) is 24.0 Å². The third-order valence-corrected chi connectivity index (χ3v) is 6.03. The van der Waals surface area contributed by atoms with Crippen LogP contribution in [-0.4, -0.2) is 49.9 Å². The second kappa shape index (κ2) is 5.77. The number of rotatable bonds is 3. The minimum Gasteiger partial charge on any atom is -0.337 e. The largest absolute Gasteiger partial charge is 0.337 e. The number of hydrogen-bond acceptors (Lipinski definition) is 4. The van der Waals surface area contributed by atoms with Crippen molar-refractivity contribution in [2.75, 3.05) is 24.6 Å². The fourth-order valence-corrected chi connectivity index (χ4v) is 4.72. The smallest absolute Gasteiger partial charge is 0.236 e. The summed E-state index contributed by atoms with van der Waals surface area (Å²) in [4.78, 5) is 14.1. The number of benzene rings is 1. The predicted molar refractivity (Wildman–Crippen MR) is 80.6 cm³/mol. The Morgan fingerprint density at radius 3 is 2.76 bits per heavy atom. The monoisotopic (exact) mass is 308 g/mol. The van der Waals surface area contributed by atoms with Gasteiger partial charge in [0.1, 0.15) is 0 Å². The Bertz CT molecular complexity index is 642. The lowest BCUT2D eigenvalue weighted by atomic mass is 10.00. The molecule has 2 aliphatic heterocycles. The van der Waals surface area contributed by atoms with E-state index < -0.39 is 9.84 Å². The fraction of sp³-hybridized carbons (Fsp3) is 0.533. The minimum atomic E-state index is -2.90. The SMILES string of the molecule is O=C(CNC1CCS(=O)(=O)C1)N1CCc2ccccc2C1. The van der Waals surface area contributed by atoms with Gasteiger partial charge in [0.2, 0.25) is 5.91 Å². The summed E-state index contributed by atoms with van der Waals surface area (Å²) >= 11 is 0. The van der Waals surface area contributed by atoms with Gasteiger partial charge in [0, 0.05) is 19.1 Å². The van der Waals surface area contributed by atoms with Gasteiger partial charge in [-0.15, -0.1) is 0 Å². The van der Waals surface area contributed by atoms with Crippen LogP contribution < -0.4 is 5.32 Å². The average Bonchev–Trinajstić information content (AvgIpc) is 2.83. The van der Waals surface area contributed by atoms with Crippen molar-refractivity contribution in [3.05, 3.63) is 35.4 Å². The Morgan fingerprint density at radius 2 is 2.05 bits per heavy atom. The predicted octanol–water partition coefficient (Wildman–Crippen LogP) is 0.348. The second-order valence-electron chi connectivity index (χ2n) is 5.81. The highest BCUT2D eigenvalue weighted by atomic mass is 32.2. The van der Waals surface area contributed by atoms with Crippen molar-refractivity contribution in [1.82, 2.24) is 10.2 Å². The molecule has 1 saturated heterocycles. The Hall–Kier alpha value is -1.40. The molecular formula is C15H20N2O3S. The van der Waals surface area contributed by atoms with Gasteiger partial charge in [-0.1, -0.05) is 24.3 Å². The summed E-state index contributed by atoms with van der Waals surface area (Å²) in [6.45, 7) is 1.61. The number of sulfone groups is 1. The Morgan fingerprint density at radius 1 is 1.29 bits per heavy atom. The van der Waals surface area contributed by atoms with E-state index in [4.69, 9.17) is 0 Å². The van der Waals surface area contributed by atoms with E-state index in [-0.39, 0.29) is 30.0 Å². The molecule has 21 heavy (non-hydrogen) atoms. The fourth-order valence-electron chi connectivity index (χ4n) is 3.01. The molecule has 5 nitrogen and oxygen atoms in total. The van der Waals surface area contributed by atoms with Gasteiger partial charge in [-0.3, -0.25) is 4.79 Å². The first-order valence-electron chi connectivity index (χ1n) is 7.32. The van der Waals surface area contributed by atoms with Gasteiger partial charge in [0.15, 0.2) is 9.84 Å². The first kappa shape index (κ1) is 14.5. The quantitative estimate of drug-likeness (QED) is 0.875. The van der Waals surface area contributed by atoms with Crippen molar-refractivity contribution in [2.45, 2.75) is 25.4 Å². The third-order valence-electron chi connectivity index (χ3n) is 4.26. The van der Waals surface area contributed by atoms with E-state index in [0.29, 0.717) is 13.0 Å². The molecular weight excluding hydrogens is 288 g/mol. The molecule has 0 bridgehead atoms. The van der Waals surface area contributed by atoms with Crippen molar-refractivity contribution in [3.63, 3.8) is 0 Å². The molecule has 1 atom stereocenters. The van der Waals surface area contributed by atoms with Crippen LogP contribution in [0.4, 0.5) is 0 Å². The van der Waals surface area contributed by atoms with Crippen molar-refractivity contribution in [1.29, 1.82) is 0 Å². The van der Waals surface area contributed by atoms with Crippen LogP contribution in [0.25, 0.3) is 0 Å². The Labute approximate surface area is 125 Å². The molecule has 3 rings (SSSR count). The lowest BCUT2D eigenvalue weighted by Gasteiger charge is -2.29. The summed E-state index contributed by atoms with van der Waals surface area (Å²) in [5.41, 5.74) is 2.52. The molecule has 0 aromatic heterocycles. The number of nitrogens with zero attached hydrogens (tertiary/aromatic N) is 1. The number of hydrogen-bond donors (Lipinski definition) is 1. The number of carbonyl (C=O) groups excluding carboxylic acids is 1. The summed E-state index contributed by atoms with van der Waals surface area (Å²) in [5, 5.41) is 3.09. The molecule has 0 aliphatic carbocycles. The van der Waals surface area contributed by atoms with E-state index in [9.17, 15) is 13.2 Å². The van der Waals surface area contributed by atoms with E-state index >= 15 is 0 Å². The molecule has 1 aromatic carbocycles. The van der Waals surface area contributed by atoms with Crippen LogP contribution >= 0.6 is 0 Å². The minimum absolute atomic E-state index is 0.0498. The molecule has 1 amide bonds. The molecule has 2 heterocycles. The molecule has 6 heteroatoms. The van der Waals surface area contributed by atoms with E-state index in [0.717, 1.165) is 13.0 Å². The van der Waals surface area contributed by atoms with Crippen LogP contribution in [0, 0.1) is 0 Å². The lowest BCUT2D eigenvalue weighted by Crippen LogP contribution is -2.44. The molecule has 0 radical (unpaired) electrons. The van der Waals surface area contributed by atoms with Crippen molar-refractivity contribution in [2.24, 2.45) is 0 Å². The second-order valence-corrected chi connectivity index (χ2v) is 8.04. The Balaban J connectivity index is 1.53. The summed E-state index contributed by atoms with van der Waals surface area (Å²) in [6, 6.07) is 8.12. The zero-order valence-electron chi connectivity index (χ0n) is 11.9. The number of nitrogens with one attached hydrogen (secondary N) is 1. The Kier molecular flexibility index (Phi) is 3.99. The number of carbonyl (C=O) groups is 1. The zero-order valence-corrected chi connectivity index (χ0v) is 12.7. The van der Waals surface area contributed by atoms with Gasteiger partial charge < -0.3 is 10.2 Å². The van der Waals surface area contributed by atoms with E-state index in [2.05, 4.69) is 17.4 Å². The average molecular weight is 308 g/mol. The van der Waals surface area contributed by atoms with Gasteiger partial charge in [-0.2, -0.15) is 0 Å². The first-order valence-corrected chi connectivity index (χ1v) is 9.14. The lowest BCUT2D eigenvalue weighted by molar-refractivity contribution is -0.131. The highest BCUT2D eigenvalue weighted by molar-refractivity contribution is 7.91. The van der Waals surface area contributed by atoms with Crippen molar-refractivity contribution < 1.29 is 13.2 Å². The van der Waals surface area contributed by atoms with Crippen LogP contribution in [0.3, 0.4) is 0 Å². The summed E-state index contributed by atoms with van der Waals surface area (Å²) < 4.78 is 22.8. The normalized spacial score (nSPS) is 23.8. The standard InChI is InChI=1S/C15H20N2O3S/c18-15(9-16-14-6-8-21(19,20)11-14)17-7-5-12-3-1-2-4-13(12)10-17/h1-4,14,16H,5-11H2.